The number of amides is 3. The number of likely N-dealkylation sites (tertiary alicyclic amines) is 1. The SMILES string of the molecule is CC(NC(=O)C1CCCN1C(=O)C(CC(=O)O)NC(=O)C(N)CCCN=C(N)N)C(=O)O. The molecule has 3 amide bonds. The predicted molar refractivity (Wildman–Crippen MR) is 112 cm³/mol. The van der Waals surface area contributed by atoms with Crippen molar-refractivity contribution in [2.45, 2.75) is 63.2 Å². The minimum absolute atomic E-state index is 0.0999. The summed E-state index contributed by atoms with van der Waals surface area (Å²) in [5.74, 6) is -4.81. The van der Waals surface area contributed by atoms with Crippen LogP contribution in [0.4, 0.5) is 0 Å². The molecule has 1 rings (SSSR count). The van der Waals surface area contributed by atoms with Crippen molar-refractivity contribution in [3.63, 3.8) is 0 Å². The molecule has 10 N–H and O–H groups in total. The van der Waals surface area contributed by atoms with Crippen LogP contribution in [0.1, 0.15) is 39.0 Å². The van der Waals surface area contributed by atoms with E-state index in [1.54, 1.807) is 0 Å². The van der Waals surface area contributed by atoms with Crippen molar-refractivity contribution in [2.24, 2.45) is 22.2 Å². The fourth-order valence-electron chi connectivity index (χ4n) is 3.18. The van der Waals surface area contributed by atoms with Crippen LogP contribution in [-0.4, -0.2) is 88.0 Å². The third-order valence-electron chi connectivity index (χ3n) is 4.87. The molecule has 1 aliphatic rings. The Bertz CT molecular complexity index is 754. The number of hydrogen-bond donors (Lipinski definition) is 7. The van der Waals surface area contributed by atoms with Crippen LogP contribution in [0.2, 0.25) is 0 Å². The number of hydrogen-bond acceptors (Lipinski definition) is 7. The molecule has 0 aliphatic carbocycles. The number of nitrogens with one attached hydrogen (secondary N) is 2. The van der Waals surface area contributed by atoms with Gasteiger partial charge in [-0.1, -0.05) is 0 Å². The molecule has 1 heterocycles. The lowest BCUT2D eigenvalue weighted by atomic mass is 10.1. The van der Waals surface area contributed by atoms with Gasteiger partial charge < -0.3 is 42.9 Å². The molecule has 0 aromatic carbocycles. The maximum atomic E-state index is 13.0. The van der Waals surface area contributed by atoms with Crippen molar-refractivity contribution in [2.75, 3.05) is 13.1 Å². The largest absolute Gasteiger partial charge is 0.481 e. The zero-order valence-electron chi connectivity index (χ0n) is 17.8. The lowest BCUT2D eigenvalue weighted by Crippen LogP contribution is -2.57. The van der Waals surface area contributed by atoms with Gasteiger partial charge in [-0.3, -0.25) is 29.0 Å². The topological polar surface area (TPSA) is 244 Å². The molecule has 4 atom stereocenters. The normalized spacial score (nSPS) is 18.2. The summed E-state index contributed by atoms with van der Waals surface area (Å²) in [5, 5.41) is 22.8. The molecule has 1 aliphatic heterocycles. The second-order valence-corrected chi connectivity index (χ2v) is 7.47. The smallest absolute Gasteiger partial charge is 0.325 e. The van der Waals surface area contributed by atoms with E-state index in [0.717, 1.165) is 4.90 Å². The second-order valence-electron chi connectivity index (χ2n) is 7.47. The molecule has 0 aromatic rings. The van der Waals surface area contributed by atoms with Crippen LogP contribution >= 0.6 is 0 Å². The lowest BCUT2D eigenvalue weighted by Gasteiger charge is -2.29. The van der Waals surface area contributed by atoms with Gasteiger partial charge in [-0.25, -0.2) is 0 Å². The summed E-state index contributed by atoms with van der Waals surface area (Å²) in [4.78, 5) is 64.9. The van der Waals surface area contributed by atoms with Crippen LogP contribution < -0.4 is 27.8 Å². The van der Waals surface area contributed by atoms with E-state index in [0.29, 0.717) is 12.8 Å². The molecule has 0 spiro atoms. The highest BCUT2D eigenvalue weighted by molar-refractivity contribution is 5.96. The highest BCUT2D eigenvalue weighted by Gasteiger charge is 2.39. The van der Waals surface area contributed by atoms with E-state index in [-0.39, 0.29) is 31.9 Å². The Morgan fingerprint density at radius 1 is 1.16 bits per heavy atom. The molecule has 4 unspecified atom stereocenters. The second kappa shape index (κ2) is 12.4. The van der Waals surface area contributed by atoms with Gasteiger partial charge in [0.05, 0.1) is 12.5 Å². The van der Waals surface area contributed by atoms with Crippen molar-refractivity contribution >= 4 is 35.6 Å². The van der Waals surface area contributed by atoms with Crippen molar-refractivity contribution in [3.05, 3.63) is 0 Å². The van der Waals surface area contributed by atoms with Crippen molar-refractivity contribution in [1.82, 2.24) is 15.5 Å². The van der Waals surface area contributed by atoms with Gasteiger partial charge in [0.2, 0.25) is 17.7 Å². The average molecular weight is 457 g/mol. The predicted octanol–water partition coefficient (Wildman–Crippen LogP) is -3.09. The maximum Gasteiger partial charge on any atom is 0.325 e. The first-order valence-electron chi connectivity index (χ1n) is 10.1. The van der Waals surface area contributed by atoms with Crippen molar-refractivity contribution < 1.29 is 34.2 Å². The molecule has 32 heavy (non-hydrogen) atoms. The van der Waals surface area contributed by atoms with Gasteiger partial charge in [0.1, 0.15) is 18.1 Å². The molecule has 180 valence electrons. The van der Waals surface area contributed by atoms with Gasteiger partial charge in [0, 0.05) is 13.1 Å². The first kappa shape index (κ1) is 26.6. The fraction of sp³-hybridized carbons (Fsp3) is 0.667. The first-order chi connectivity index (χ1) is 14.9. The molecule has 14 heteroatoms. The number of aliphatic imine (C=N–C) groups is 1. The summed E-state index contributed by atoms with van der Waals surface area (Å²) >= 11 is 0. The number of carboxylic acid groups (broad SMARTS) is 2. The van der Waals surface area contributed by atoms with E-state index in [1.165, 1.54) is 6.92 Å². The minimum Gasteiger partial charge on any atom is -0.481 e. The highest BCUT2D eigenvalue weighted by Crippen LogP contribution is 2.19. The van der Waals surface area contributed by atoms with Gasteiger partial charge in [0.15, 0.2) is 5.96 Å². The van der Waals surface area contributed by atoms with Gasteiger partial charge in [-0.2, -0.15) is 0 Å². The highest BCUT2D eigenvalue weighted by atomic mass is 16.4. The van der Waals surface area contributed by atoms with E-state index >= 15 is 0 Å². The first-order valence-corrected chi connectivity index (χ1v) is 10.1. The Kier molecular flexibility index (Phi) is 10.3. The van der Waals surface area contributed by atoms with Gasteiger partial charge in [-0.05, 0) is 32.6 Å². The average Bonchev–Trinajstić information content (AvgIpc) is 3.19. The molecule has 0 aromatic heterocycles. The van der Waals surface area contributed by atoms with Crippen molar-refractivity contribution in [3.8, 4) is 0 Å². The van der Waals surface area contributed by atoms with Crippen LogP contribution in [0.5, 0.6) is 0 Å². The quantitative estimate of drug-likeness (QED) is 0.0884. The number of nitrogens with zero attached hydrogens (tertiary/aromatic N) is 2. The molecular formula is C18H31N7O7. The summed E-state index contributed by atoms with van der Waals surface area (Å²) in [7, 11) is 0. The van der Waals surface area contributed by atoms with E-state index in [9.17, 15) is 29.1 Å². The Balaban J connectivity index is 2.82. The molecule has 0 saturated carbocycles. The Morgan fingerprint density at radius 2 is 1.81 bits per heavy atom. The third-order valence-corrected chi connectivity index (χ3v) is 4.87. The molecule has 0 bridgehead atoms. The molecule has 14 nitrogen and oxygen atoms in total. The van der Waals surface area contributed by atoms with Gasteiger partial charge >= 0.3 is 11.9 Å². The number of nitrogens with two attached hydrogens (primary N) is 3. The summed E-state index contributed by atoms with van der Waals surface area (Å²) < 4.78 is 0. The van der Waals surface area contributed by atoms with Crippen LogP contribution in [0, 0.1) is 0 Å². The van der Waals surface area contributed by atoms with E-state index in [2.05, 4.69) is 15.6 Å². The summed E-state index contributed by atoms with van der Waals surface area (Å²) in [5.41, 5.74) is 16.2. The molecule has 1 saturated heterocycles. The maximum absolute atomic E-state index is 13.0. The Hall–Kier alpha value is -3.42. The number of carboxylic acids is 2. The number of rotatable bonds is 12. The van der Waals surface area contributed by atoms with Gasteiger partial charge in [0.25, 0.3) is 0 Å². The zero-order chi connectivity index (χ0) is 24.4. The number of guanidine groups is 1. The monoisotopic (exact) mass is 457 g/mol. The summed E-state index contributed by atoms with van der Waals surface area (Å²) in [6.45, 7) is 1.69. The van der Waals surface area contributed by atoms with Crippen LogP contribution in [0.15, 0.2) is 4.99 Å². The number of carbonyl (C=O) groups is 5. The summed E-state index contributed by atoms with van der Waals surface area (Å²) in [6.07, 6.45) is 0.617. The van der Waals surface area contributed by atoms with Gasteiger partial charge in [-0.15, -0.1) is 0 Å². The molecule has 1 fully saturated rings. The van der Waals surface area contributed by atoms with E-state index in [4.69, 9.17) is 22.3 Å². The summed E-state index contributed by atoms with van der Waals surface area (Å²) in [6, 6.07) is -4.59. The van der Waals surface area contributed by atoms with E-state index in [1.807, 2.05) is 0 Å². The standard InChI is InChI=1S/C18H31N7O7/c1-9(17(31)32)23-15(29)12-5-3-7-25(12)16(30)11(8-13(26)27)24-14(28)10(19)4-2-6-22-18(20)21/h9-12H,2-8,19H2,1H3,(H,23,29)(H,24,28)(H,26,27)(H,31,32)(H4,20,21,22). The number of aliphatic carboxylic acids is 2. The van der Waals surface area contributed by atoms with E-state index < -0.39 is 60.2 Å². The molecule has 0 radical (unpaired) electrons. The van der Waals surface area contributed by atoms with Crippen LogP contribution in [0.25, 0.3) is 0 Å². The fourth-order valence-corrected chi connectivity index (χ4v) is 3.18. The lowest BCUT2D eigenvalue weighted by molar-refractivity contribution is -0.147. The van der Waals surface area contributed by atoms with Crippen LogP contribution in [-0.2, 0) is 24.0 Å². The van der Waals surface area contributed by atoms with Crippen molar-refractivity contribution in [1.29, 1.82) is 0 Å². The number of carbonyl (C=O) groups excluding carboxylic acids is 3. The van der Waals surface area contributed by atoms with Crippen LogP contribution in [0.3, 0.4) is 0 Å². The Labute approximate surface area is 184 Å². The third kappa shape index (κ3) is 8.37. The zero-order valence-corrected chi connectivity index (χ0v) is 17.8. The minimum atomic E-state index is -1.44. The Morgan fingerprint density at radius 3 is 2.38 bits per heavy atom. The molecular weight excluding hydrogens is 426 g/mol.